The zero-order valence-corrected chi connectivity index (χ0v) is 8.30. The normalized spacial score (nSPS) is 12.6. The van der Waals surface area contributed by atoms with E-state index in [9.17, 15) is 18.0 Å². The molecule has 1 rings (SSSR count). The first-order chi connectivity index (χ1) is 6.80. The summed E-state index contributed by atoms with van der Waals surface area (Å²) >= 11 is 0. The van der Waals surface area contributed by atoms with E-state index in [-0.39, 0.29) is 11.3 Å². The summed E-state index contributed by atoms with van der Waals surface area (Å²) in [6.45, 7) is 2.00. The molecular formula is C10H10F3NO. The molecule has 1 heterocycles. The first-order valence-electron chi connectivity index (χ1n) is 4.28. The van der Waals surface area contributed by atoms with Crippen LogP contribution >= 0.6 is 0 Å². The number of rotatable bonds is 2. The molecule has 15 heavy (non-hydrogen) atoms. The topological polar surface area (TPSA) is 30.0 Å². The number of carbonyl (C=O) groups is 1. The van der Waals surface area contributed by atoms with Crippen LogP contribution in [-0.4, -0.2) is 17.4 Å². The van der Waals surface area contributed by atoms with Crippen LogP contribution in [0.15, 0.2) is 18.3 Å². The molecule has 0 fully saturated rings. The fraction of sp³-hybridized carbons (Fsp3) is 0.400. The Labute approximate surface area is 85.1 Å². The highest BCUT2D eigenvalue weighted by molar-refractivity contribution is 5.77. The average molecular weight is 217 g/mol. The van der Waals surface area contributed by atoms with Gasteiger partial charge in [-0.15, -0.1) is 0 Å². The minimum atomic E-state index is -4.43. The van der Waals surface area contributed by atoms with E-state index < -0.39 is 11.6 Å². The van der Waals surface area contributed by atoms with Crippen molar-refractivity contribution in [3.8, 4) is 0 Å². The maximum atomic E-state index is 12.7. The number of hydrogen-bond donors (Lipinski definition) is 0. The Morgan fingerprint density at radius 2 is 1.93 bits per heavy atom. The molecule has 0 radical (unpaired) electrons. The number of halogens is 3. The number of carbonyl (C=O) groups excluding carboxylic acids is 1. The Balaban J connectivity index is 3.32. The predicted octanol–water partition coefficient (Wildman–Crippen LogP) is 2.73. The van der Waals surface area contributed by atoms with E-state index >= 15 is 0 Å². The van der Waals surface area contributed by atoms with Gasteiger partial charge < -0.3 is 0 Å². The molecule has 0 N–H and O–H groups in total. The third kappa shape index (κ3) is 2.00. The van der Waals surface area contributed by atoms with Gasteiger partial charge in [0.25, 0.3) is 0 Å². The van der Waals surface area contributed by atoms with Gasteiger partial charge >= 0.3 is 6.18 Å². The van der Waals surface area contributed by atoms with E-state index in [2.05, 4.69) is 4.98 Å². The summed E-state index contributed by atoms with van der Waals surface area (Å²) in [5.74, 6) is 0. The number of aldehydes is 1. The Morgan fingerprint density at radius 3 is 2.40 bits per heavy atom. The van der Waals surface area contributed by atoms with Crippen LogP contribution in [0.3, 0.4) is 0 Å². The van der Waals surface area contributed by atoms with Gasteiger partial charge in [0.05, 0.1) is 5.69 Å². The number of alkyl halides is 3. The predicted molar refractivity (Wildman–Crippen MR) is 48.7 cm³/mol. The van der Waals surface area contributed by atoms with Crippen LogP contribution in [-0.2, 0) is 5.41 Å². The zero-order chi connectivity index (χ0) is 11.7. The second kappa shape index (κ2) is 3.64. The molecule has 0 saturated carbocycles. The zero-order valence-electron chi connectivity index (χ0n) is 8.30. The van der Waals surface area contributed by atoms with Crippen molar-refractivity contribution in [1.82, 2.24) is 4.98 Å². The Bertz CT molecular complexity index is 371. The van der Waals surface area contributed by atoms with Crippen LogP contribution in [0.1, 0.15) is 29.9 Å². The second-order valence-electron chi connectivity index (χ2n) is 3.68. The molecule has 82 valence electrons. The Kier molecular flexibility index (Phi) is 2.83. The summed E-state index contributed by atoms with van der Waals surface area (Å²) < 4.78 is 38.0. The molecule has 1 aromatic heterocycles. The summed E-state index contributed by atoms with van der Waals surface area (Å²) in [7, 11) is 0. The molecule has 0 bridgehead atoms. The largest absolute Gasteiger partial charge is 0.399 e. The van der Waals surface area contributed by atoms with E-state index in [0.717, 1.165) is 13.8 Å². The smallest absolute Gasteiger partial charge is 0.298 e. The third-order valence-electron chi connectivity index (χ3n) is 2.27. The molecule has 0 atom stereocenters. The molecule has 0 aliphatic rings. The highest BCUT2D eigenvalue weighted by Gasteiger charge is 2.50. The summed E-state index contributed by atoms with van der Waals surface area (Å²) in [5, 5.41) is 0. The Hall–Kier alpha value is -1.39. The van der Waals surface area contributed by atoms with Crippen molar-refractivity contribution in [2.45, 2.75) is 25.4 Å². The van der Waals surface area contributed by atoms with Gasteiger partial charge in [-0.25, -0.2) is 0 Å². The lowest BCUT2D eigenvalue weighted by molar-refractivity contribution is -0.181. The molecule has 5 heteroatoms. The highest BCUT2D eigenvalue weighted by atomic mass is 19.4. The van der Waals surface area contributed by atoms with E-state index in [1.54, 1.807) is 0 Å². The van der Waals surface area contributed by atoms with Gasteiger partial charge in [0.15, 0.2) is 6.29 Å². The van der Waals surface area contributed by atoms with Crippen LogP contribution < -0.4 is 0 Å². The Morgan fingerprint density at radius 1 is 1.33 bits per heavy atom. The van der Waals surface area contributed by atoms with Crippen molar-refractivity contribution in [2.75, 3.05) is 0 Å². The number of aromatic nitrogens is 1. The van der Waals surface area contributed by atoms with Gasteiger partial charge in [-0.2, -0.15) is 13.2 Å². The SMILES string of the molecule is CC(C)(c1ncccc1C=O)C(F)(F)F. The molecular weight excluding hydrogens is 207 g/mol. The lowest BCUT2D eigenvalue weighted by Gasteiger charge is -2.27. The van der Waals surface area contributed by atoms with Gasteiger partial charge in [0.1, 0.15) is 5.41 Å². The van der Waals surface area contributed by atoms with E-state index in [4.69, 9.17) is 0 Å². The maximum Gasteiger partial charge on any atom is 0.399 e. The minimum absolute atomic E-state index is 0.0279. The van der Waals surface area contributed by atoms with E-state index in [1.165, 1.54) is 18.3 Å². The van der Waals surface area contributed by atoms with Gasteiger partial charge in [0.2, 0.25) is 0 Å². The number of nitrogens with zero attached hydrogens (tertiary/aromatic N) is 1. The van der Waals surface area contributed by atoms with Crippen LogP contribution in [0.25, 0.3) is 0 Å². The second-order valence-corrected chi connectivity index (χ2v) is 3.68. The highest BCUT2D eigenvalue weighted by Crippen LogP contribution is 2.40. The maximum absolute atomic E-state index is 12.7. The molecule has 2 nitrogen and oxygen atoms in total. The molecule has 0 aromatic carbocycles. The standard InChI is InChI=1S/C10H10F3NO/c1-9(2,10(11,12)13)8-7(6-15)4-3-5-14-8/h3-6H,1-2H3. The fourth-order valence-electron chi connectivity index (χ4n) is 1.17. The van der Waals surface area contributed by atoms with Crippen LogP contribution in [0, 0.1) is 0 Å². The fourth-order valence-corrected chi connectivity index (χ4v) is 1.17. The van der Waals surface area contributed by atoms with Gasteiger partial charge in [-0.1, -0.05) is 0 Å². The summed E-state index contributed by atoms with van der Waals surface area (Å²) in [6.07, 6.45) is -2.80. The lowest BCUT2D eigenvalue weighted by atomic mass is 9.85. The van der Waals surface area contributed by atoms with Crippen LogP contribution in [0.5, 0.6) is 0 Å². The van der Waals surface area contributed by atoms with Gasteiger partial charge in [-0.3, -0.25) is 9.78 Å². The van der Waals surface area contributed by atoms with Crippen LogP contribution in [0.4, 0.5) is 13.2 Å². The van der Waals surface area contributed by atoms with Gasteiger partial charge in [0, 0.05) is 11.8 Å². The minimum Gasteiger partial charge on any atom is -0.298 e. The first kappa shape index (κ1) is 11.7. The molecule has 1 aromatic rings. The molecule has 0 saturated heterocycles. The number of hydrogen-bond acceptors (Lipinski definition) is 2. The van der Waals surface area contributed by atoms with Crippen molar-refractivity contribution in [2.24, 2.45) is 0 Å². The quantitative estimate of drug-likeness (QED) is 0.713. The van der Waals surface area contributed by atoms with E-state index in [1.807, 2.05) is 0 Å². The molecule has 0 aliphatic heterocycles. The molecule has 0 aliphatic carbocycles. The molecule has 0 unspecified atom stereocenters. The van der Waals surface area contributed by atoms with Crippen LogP contribution in [0.2, 0.25) is 0 Å². The first-order valence-corrected chi connectivity index (χ1v) is 4.28. The van der Waals surface area contributed by atoms with Gasteiger partial charge in [-0.05, 0) is 26.0 Å². The van der Waals surface area contributed by atoms with Crippen molar-refractivity contribution < 1.29 is 18.0 Å². The lowest BCUT2D eigenvalue weighted by Crippen LogP contribution is -2.38. The van der Waals surface area contributed by atoms with Crippen molar-refractivity contribution >= 4 is 6.29 Å². The third-order valence-corrected chi connectivity index (χ3v) is 2.27. The van der Waals surface area contributed by atoms with Crippen molar-refractivity contribution in [1.29, 1.82) is 0 Å². The monoisotopic (exact) mass is 217 g/mol. The summed E-state index contributed by atoms with van der Waals surface area (Å²) in [4.78, 5) is 14.2. The van der Waals surface area contributed by atoms with Crippen molar-refractivity contribution in [3.05, 3.63) is 29.6 Å². The molecule has 0 amide bonds. The average Bonchev–Trinajstić information content (AvgIpc) is 2.16. The summed E-state index contributed by atoms with van der Waals surface area (Å²) in [5.41, 5.74) is -2.39. The number of pyridine rings is 1. The van der Waals surface area contributed by atoms with Crippen molar-refractivity contribution in [3.63, 3.8) is 0 Å². The summed E-state index contributed by atoms with van der Waals surface area (Å²) in [6, 6.07) is 2.75. The molecule has 0 spiro atoms. The van der Waals surface area contributed by atoms with E-state index in [0.29, 0.717) is 6.29 Å².